The molecule has 0 aliphatic heterocycles. The molecule has 0 aliphatic carbocycles. The van der Waals surface area contributed by atoms with Gasteiger partial charge in [-0.1, -0.05) is 86.5 Å². The van der Waals surface area contributed by atoms with Crippen LogP contribution in [0.3, 0.4) is 0 Å². The van der Waals surface area contributed by atoms with E-state index in [0.29, 0.717) is 0 Å². The van der Waals surface area contributed by atoms with Crippen molar-refractivity contribution in [3.05, 3.63) is 82.9 Å². The van der Waals surface area contributed by atoms with Gasteiger partial charge in [-0.3, -0.25) is 0 Å². The lowest BCUT2D eigenvalue weighted by atomic mass is 9.90. The highest BCUT2D eigenvalue weighted by Gasteiger charge is 2.11. The third kappa shape index (κ3) is 3.36. The Bertz CT molecular complexity index is 797. The second-order valence-electron chi connectivity index (χ2n) is 6.07. The van der Waals surface area contributed by atoms with Gasteiger partial charge < -0.3 is 0 Å². The summed E-state index contributed by atoms with van der Waals surface area (Å²) in [5.74, 6) is 0. The Morgan fingerprint density at radius 3 is 1.46 bits per heavy atom. The van der Waals surface area contributed by atoms with Crippen LogP contribution in [0.1, 0.15) is 22.3 Å². The van der Waals surface area contributed by atoms with Gasteiger partial charge in [0, 0.05) is 10.7 Å². The van der Waals surface area contributed by atoms with E-state index in [1.165, 1.54) is 44.5 Å². The molecule has 0 nitrogen and oxygen atoms in total. The highest BCUT2D eigenvalue weighted by atomic mass is 79.9. The molecule has 0 spiro atoms. The number of aryl methyl sites for hydroxylation is 2. The molecule has 0 radical (unpaired) electrons. The summed E-state index contributed by atoms with van der Waals surface area (Å²) >= 11 is 7.26. The van der Waals surface area contributed by atoms with Gasteiger partial charge >= 0.3 is 0 Å². The molecular formula is C22H20Br2. The van der Waals surface area contributed by atoms with Gasteiger partial charge in [0.1, 0.15) is 0 Å². The number of hydrogen-bond acceptors (Lipinski definition) is 0. The van der Waals surface area contributed by atoms with Crippen LogP contribution >= 0.6 is 31.9 Å². The highest BCUT2D eigenvalue weighted by molar-refractivity contribution is 9.08. The lowest BCUT2D eigenvalue weighted by Crippen LogP contribution is -1.93. The Morgan fingerprint density at radius 1 is 0.625 bits per heavy atom. The van der Waals surface area contributed by atoms with E-state index < -0.39 is 0 Å². The highest BCUT2D eigenvalue weighted by Crippen LogP contribution is 2.34. The SMILES string of the molecule is Cc1cccc(CBr)c1-c1cccc(-c2c(C)cccc2CBr)c1. The average molecular weight is 444 g/mol. The maximum Gasteiger partial charge on any atom is 0.0289 e. The van der Waals surface area contributed by atoms with Gasteiger partial charge in [0.15, 0.2) is 0 Å². The van der Waals surface area contributed by atoms with Gasteiger partial charge in [0.05, 0.1) is 0 Å². The van der Waals surface area contributed by atoms with Gasteiger partial charge in [-0.2, -0.15) is 0 Å². The molecule has 2 heteroatoms. The number of halogens is 2. The van der Waals surface area contributed by atoms with Crippen LogP contribution in [0.2, 0.25) is 0 Å². The molecular weight excluding hydrogens is 424 g/mol. The van der Waals surface area contributed by atoms with E-state index in [2.05, 4.69) is 106 Å². The summed E-state index contributed by atoms with van der Waals surface area (Å²) in [7, 11) is 0. The van der Waals surface area contributed by atoms with E-state index in [9.17, 15) is 0 Å². The van der Waals surface area contributed by atoms with Crippen molar-refractivity contribution in [2.45, 2.75) is 24.5 Å². The first kappa shape index (κ1) is 17.4. The Balaban J connectivity index is 2.19. The maximum absolute atomic E-state index is 3.63. The zero-order valence-corrected chi connectivity index (χ0v) is 17.1. The molecule has 0 amide bonds. The molecule has 0 fully saturated rings. The molecule has 0 saturated heterocycles. The zero-order valence-electron chi connectivity index (χ0n) is 13.9. The smallest absolute Gasteiger partial charge is 0.0289 e. The van der Waals surface area contributed by atoms with Crippen LogP contribution in [-0.2, 0) is 10.7 Å². The van der Waals surface area contributed by atoms with Crippen molar-refractivity contribution in [1.82, 2.24) is 0 Å². The van der Waals surface area contributed by atoms with E-state index in [0.717, 1.165) is 10.7 Å². The summed E-state index contributed by atoms with van der Waals surface area (Å²) in [5, 5.41) is 1.73. The maximum atomic E-state index is 3.63. The summed E-state index contributed by atoms with van der Waals surface area (Å²) in [6.45, 7) is 4.37. The standard InChI is InChI=1S/C22H20Br2/c1-15-6-3-10-19(13-23)21(15)17-8-5-9-18(12-17)22-16(2)7-4-11-20(22)14-24/h3-12H,13-14H2,1-2H3. The van der Waals surface area contributed by atoms with Crippen LogP contribution in [0.25, 0.3) is 22.3 Å². The second kappa shape index (κ2) is 7.67. The van der Waals surface area contributed by atoms with Gasteiger partial charge in [-0.25, -0.2) is 0 Å². The third-order valence-corrected chi connectivity index (χ3v) is 5.65. The van der Waals surface area contributed by atoms with Gasteiger partial charge in [0.2, 0.25) is 0 Å². The number of alkyl halides is 2. The van der Waals surface area contributed by atoms with Crippen LogP contribution in [0.5, 0.6) is 0 Å². The lowest BCUT2D eigenvalue weighted by Gasteiger charge is -2.15. The fourth-order valence-electron chi connectivity index (χ4n) is 3.34. The quantitative estimate of drug-likeness (QED) is 0.367. The van der Waals surface area contributed by atoms with Crippen molar-refractivity contribution in [2.75, 3.05) is 0 Å². The van der Waals surface area contributed by atoms with Crippen molar-refractivity contribution >= 4 is 31.9 Å². The second-order valence-corrected chi connectivity index (χ2v) is 7.19. The molecule has 3 aromatic rings. The van der Waals surface area contributed by atoms with Crippen molar-refractivity contribution in [1.29, 1.82) is 0 Å². The molecule has 0 bridgehead atoms. The molecule has 0 heterocycles. The lowest BCUT2D eigenvalue weighted by molar-refractivity contribution is 1.35. The molecule has 0 aliphatic rings. The predicted molar refractivity (Wildman–Crippen MR) is 112 cm³/mol. The van der Waals surface area contributed by atoms with Gasteiger partial charge in [-0.15, -0.1) is 0 Å². The summed E-state index contributed by atoms with van der Waals surface area (Å²) < 4.78 is 0. The molecule has 0 atom stereocenters. The summed E-state index contributed by atoms with van der Waals surface area (Å²) in [4.78, 5) is 0. The first-order valence-electron chi connectivity index (χ1n) is 8.05. The third-order valence-electron chi connectivity index (χ3n) is 4.45. The minimum absolute atomic E-state index is 0.866. The Kier molecular flexibility index (Phi) is 5.57. The first-order chi connectivity index (χ1) is 11.7. The summed E-state index contributed by atoms with van der Waals surface area (Å²) in [5.41, 5.74) is 10.5. The first-order valence-corrected chi connectivity index (χ1v) is 10.3. The minimum Gasteiger partial charge on any atom is -0.0876 e. The summed E-state index contributed by atoms with van der Waals surface area (Å²) in [6.07, 6.45) is 0. The van der Waals surface area contributed by atoms with Crippen LogP contribution in [-0.4, -0.2) is 0 Å². The molecule has 24 heavy (non-hydrogen) atoms. The van der Waals surface area contributed by atoms with E-state index in [-0.39, 0.29) is 0 Å². The Hall–Kier alpha value is -1.38. The average Bonchev–Trinajstić information content (AvgIpc) is 2.61. The van der Waals surface area contributed by atoms with Crippen molar-refractivity contribution < 1.29 is 0 Å². The normalized spacial score (nSPS) is 10.8. The van der Waals surface area contributed by atoms with Crippen molar-refractivity contribution in [3.63, 3.8) is 0 Å². The summed E-state index contributed by atoms with van der Waals surface area (Å²) in [6, 6.07) is 21.9. The van der Waals surface area contributed by atoms with Crippen LogP contribution in [0, 0.1) is 13.8 Å². The van der Waals surface area contributed by atoms with Crippen molar-refractivity contribution in [3.8, 4) is 22.3 Å². The van der Waals surface area contributed by atoms with Crippen molar-refractivity contribution in [2.24, 2.45) is 0 Å². The Labute approximate surface area is 161 Å². The fraction of sp³-hybridized carbons (Fsp3) is 0.182. The molecule has 0 unspecified atom stereocenters. The van der Waals surface area contributed by atoms with Gasteiger partial charge in [0.25, 0.3) is 0 Å². The molecule has 0 aromatic heterocycles. The molecule has 3 rings (SSSR count). The molecule has 0 saturated carbocycles. The molecule has 122 valence electrons. The Morgan fingerprint density at radius 2 is 1.04 bits per heavy atom. The molecule has 0 N–H and O–H groups in total. The number of rotatable bonds is 4. The number of hydrogen-bond donors (Lipinski definition) is 0. The van der Waals surface area contributed by atoms with E-state index >= 15 is 0 Å². The van der Waals surface area contributed by atoms with E-state index in [1.54, 1.807) is 0 Å². The van der Waals surface area contributed by atoms with E-state index in [4.69, 9.17) is 0 Å². The van der Waals surface area contributed by atoms with Gasteiger partial charge in [-0.05, 0) is 64.4 Å². The van der Waals surface area contributed by atoms with Crippen LogP contribution in [0.15, 0.2) is 60.7 Å². The zero-order chi connectivity index (χ0) is 17.1. The number of benzene rings is 3. The monoisotopic (exact) mass is 442 g/mol. The molecule has 3 aromatic carbocycles. The minimum atomic E-state index is 0.866. The fourth-order valence-corrected chi connectivity index (χ4v) is 4.27. The largest absolute Gasteiger partial charge is 0.0876 e. The van der Waals surface area contributed by atoms with Crippen LogP contribution < -0.4 is 0 Å². The van der Waals surface area contributed by atoms with Crippen LogP contribution in [0.4, 0.5) is 0 Å². The predicted octanol–water partition coefficient (Wildman–Crippen LogP) is 7.43. The van der Waals surface area contributed by atoms with E-state index in [1.807, 2.05) is 0 Å². The topological polar surface area (TPSA) is 0 Å².